The zero-order chi connectivity index (χ0) is 13.5. The lowest BCUT2D eigenvalue weighted by atomic mass is 9.98. The summed E-state index contributed by atoms with van der Waals surface area (Å²) in [5.74, 6) is 11.5. The van der Waals surface area contributed by atoms with Gasteiger partial charge in [0.2, 0.25) is 0 Å². The summed E-state index contributed by atoms with van der Waals surface area (Å²) >= 11 is 0. The molecule has 5 nitrogen and oxygen atoms in total. The number of hydrogen-bond acceptors (Lipinski definition) is 4. The number of aliphatic hydroxyl groups excluding tert-OH is 1. The molecule has 1 rings (SSSR count). The Bertz CT molecular complexity index is 404. The summed E-state index contributed by atoms with van der Waals surface area (Å²) < 4.78 is 0. The molecular formula is C13H22N4O. The molecule has 1 atom stereocenters. The normalized spacial score (nSPS) is 13.4. The Morgan fingerprint density at radius 1 is 1.44 bits per heavy atom. The molecule has 0 spiro atoms. The number of nitrogens with zero attached hydrogens (tertiary/aromatic N) is 2. The minimum Gasteiger partial charge on any atom is -0.388 e. The Hall–Kier alpha value is -1.59. The van der Waals surface area contributed by atoms with Crippen molar-refractivity contribution in [3.63, 3.8) is 0 Å². The Labute approximate surface area is 108 Å². The fourth-order valence-corrected chi connectivity index (χ4v) is 1.89. The maximum atomic E-state index is 10.2. The largest absolute Gasteiger partial charge is 0.388 e. The SMILES string of the molecule is CCCCC(O)c1ccccc1/C(=N/N)N(C)N. The van der Waals surface area contributed by atoms with Crippen molar-refractivity contribution in [2.45, 2.75) is 32.3 Å². The second-order valence-electron chi connectivity index (χ2n) is 4.31. The third-order valence-corrected chi connectivity index (χ3v) is 2.85. The number of hydrazone groups is 1. The van der Waals surface area contributed by atoms with Gasteiger partial charge in [-0.2, -0.15) is 5.10 Å². The van der Waals surface area contributed by atoms with Crippen LogP contribution in [0.4, 0.5) is 0 Å². The molecule has 0 aliphatic heterocycles. The molecule has 0 aliphatic carbocycles. The van der Waals surface area contributed by atoms with Crippen LogP contribution in [0.15, 0.2) is 29.4 Å². The molecule has 0 bridgehead atoms. The minimum atomic E-state index is -0.516. The number of benzene rings is 1. The summed E-state index contributed by atoms with van der Waals surface area (Å²) in [4.78, 5) is 0. The van der Waals surface area contributed by atoms with Crippen molar-refractivity contribution in [2.75, 3.05) is 7.05 Å². The highest BCUT2D eigenvalue weighted by molar-refractivity contribution is 5.99. The first-order chi connectivity index (χ1) is 8.61. The van der Waals surface area contributed by atoms with Gasteiger partial charge in [0.25, 0.3) is 0 Å². The molecule has 0 aromatic heterocycles. The second-order valence-corrected chi connectivity index (χ2v) is 4.31. The minimum absolute atomic E-state index is 0.459. The van der Waals surface area contributed by atoms with Crippen LogP contribution in [0.5, 0.6) is 0 Å². The topological polar surface area (TPSA) is 87.9 Å². The average molecular weight is 250 g/mol. The summed E-state index contributed by atoms with van der Waals surface area (Å²) in [6.45, 7) is 2.10. The van der Waals surface area contributed by atoms with Crippen molar-refractivity contribution >= 4 is 5.84 Å². The van der Waals surface area contributed by atoms with E-state index >= 15 is 0 Å². The average Bonchev–Trinajstić information content (AvgIpc) is 2.37. The predicted octanol–water partition coefficient (Wildman–Crippen LogP) is 1.34. The van der Waals surface area contributed by atoms with Crippen LogP contribution in [0.3, 0.4) is 0 Å². The van der Waals surface area contributed by atoms with Crippen LogP contribution in [0.1, 0.15) is 43.4 Å². The first-order valence-electron chi connectivity index (χ1n) is 6.15. The molecule has 1 unspecified atom stereocenters. The van der Waals surface area contributed by atoms with E-state index in [0.29, 0.717) is 5.84 Å². The smallest absolute Gasteiger partial charge is 0.169 e. The third-order valence-electron chi connectivity index (χ3n) is 2.85. The lowest BCUT2D eigenvalue weighted by Gasteiger charge is -2.20. The van der Waals surface area contributed by atoms with Crippen molar-refractivity contribution in [2.24, 2.45) is 16.8 Å². The van der Waals surface area contributed by atoms with Crippen LogP contribution in [0, 0.1) is 0 Å². The second kappa shape index (κ2) is 6.98. The third kappa shape index (κ3) is 3.45. The number of aliphatic hydroxyl groups is 1. The molecule has 0 saturated heterocycles. The summed E-state index contributed by atoms with van der Waals surface area (Å²) in [6, 6.07) is 7.50. The van der Waals surface area contributed by atoms with E-state index in [4.69, 9.17) is 11.7 Å². The van der Waals surface area contributed by atoms with E-state index in [1.54, 1.807) is 7.05 Å². The van der Waals surface area contributed by atoms with Gasteiger partial charge in [-0.3, -0.25) is 5.01 Å². The van der Waals surface area contributed by atoms with Crippen LogP contribution in [0.25, 0.3) is 0 Å². The van der Waals surface area contributed by atoms with Crippen LogP contribution >= 0.6 is 0 Å². The molecule has 5 heteroatoms. The van der Waals surface area contributed by atoms with E-state index in [9.17, 15) is 5.11 Å². The number of rotatable bonds is 5. The standard InChI is InChI=1S/C13H22N4O/c1-3-4-9-12(18)10-7-5-6-8-11(10)13(16-14)17(2)15/h5-8,12,18H,3-4,9,14-15H2,1-2H3/b16-13-. The highest BCUT2D eigenvalue weighted by Gasteiger charge is 2.16. The Balaban J connectivity index is 3.06. The molecule has 0 saturated carbocycles. The molecule has 18 heavy (non-hydrogen) atoms. The molecule has 0 fully saturated rings. The molecule has 5 N–H and O–H groups in total. The number of hydrogen-bond donors (Lipinski definition) is 3. The van der Waals surface area contributed by atoms with E-state index < -0.39 is 6.10 Å². The Morgan fingerprint density at radius 2 is 2.11 bits per heavy atom. The van der Waals surface area contributed by atoms with E-state index in [-0.39, 0.29) is 0 Å². The van der Waals surface area contributed by atoms with Crippen LogP contribution < -0.4 is 11.7 Å². The van der Waals surface area contributed by atoms with Gasteiger partial charge >= 0.3 is 0 Å². The highest BCUT2D eigenvalue weighted by Crippen LogP contribution is 2.23. The van der Waals surface area contributed by atoms with Crippen molar-refractivity contribution in [1.82, 2.24) is 5.01 Å². The Morgan fingerprint density at radius 3 is 2.67 bits per heavy atom. The fraction of sp³-hybridized carbons (Fsp3) is 0.462. The van der Waals surface area contributed by atoms with E-state index in [2.05, 4.69) is 12.0 Å². The van der Waals surface area contributed by atoms with Gasteiger partial charge in [-0.15, -0.1) is 0 Å². The molecule has 0 radical (unpaired) electrons. The molecule has 0 heterocycles. The molecule has 1 aromatic rings. The maximum absolute atomic E-state index is 10.2. The van der Waals surface area contributed by atoms with Crippen LogP contribution in [-0.2, 0) is 0 Å². The van der Waals surface area contributed by atoms with Gasteiger partial charge < -0.3 is 10.9 Å². The lowest BCUT2D eigenvalue weighted by molar-refractivity contribution is 0.164. The number of amidine groups is 1. The van der Waals surface area contributed by atoms with E-state index in [0.717, 1.165) is 30.4 Å². The Kier molecular flexibility index (Phi) is 5.61. The maximum Gasteiger partial charge on any atom is 0.169 e. The monoisotopic (exact) mass is 250 g/mol. The van der Waals surface area contributed by atoms with E-state index in [1.165, 1.54) is 5.01 Å². The molecule has 0 amide bonds. The molecule has 1 aromatic carbocycles. The van der Waals surface area contributed by atoms with Gasteiger partial charge in [-0.1, -0.05) is 44.0 Å². The van der Waals surface area contributed by atoms with Gasteiger partial charge in [0, 0.05) is 12.6 Å². The number of nitrogens with two attached hydrogens (primary N) is 2. The van der Waals surface area contributed by atoms with Crippen LogP contribution in [0.2, 0.25) is 0 Å². The quantitative estimate of drug-likeness (QED) is 0.318. The highest BCUT2D eigenvalue weighted by atomic mass is 16.3. The van der Waals surface area contributed by atoms with Crippen molar-refractivity contribution in [1.29, 1.82) is 0 Å². The summed E-state index contributed by atoms with van der Waals surface area (Å²) in [5, 5.41) is 15.2. The van der Waals surface area contributed by atoms with Gasteiger partial charge in [-0.05, 0) is 12.0 Å². The van der Waals surface area contributed by atoms with Crippen molar-refractivity contribution < 1.29 is 5.11 Å². The molecule has 100 valence electrons. The zero-order valence-corrected chi connectivity index (χ0v) is 11.0. The van der Waals surface area contributed by atoms with Crippen LogP contribution in [-0.4, -0.2) is 23.0 Å². The summed E-state index contributed by atoms with van der Waals surface area (Å²) in [5.41, 5.74) is 1.58. The molecule has 0 aliphatic rings. The number of unbranched alkanes of at least 4 members (excludes halogenated alkanes) is 1. The first-order valence-corrected chi connectivity index (χ1v) is 6.15. The lowest BCUT2D eigenvalue weighted by Crippen LogP contribution is -2.35. The van der Waals surface area contributed by atoms with Crippen molar-refractivity contribution in [3.05, 3.63) is 35.4 Å². The zero-order valence-electron chi connectivity index (χ0n) is 11.0. The van der Waals surface area contributed by atoms with Gasteiger partial charge in [0.05, 0.1) is 6.10 Å². The number of hydrazine groups is 1. The van der Waals surface area contributed by atoms with Gasteiger partial charge in [-0.25, -0.2) is 5.84 Å². The summed E-state index contributed by atoms with van der Waals surface area (Å²) in [6.07, 6.45) is 2.23. The van der Waals surface area contributed by atoms with Gasteiger partial charge in [0.15, 0.2) is 5.84 Å². The fourth-order valence-electron chi connectivity index (χ4n) is 1.89. The van der Waals surface area contributed by atoms with Crippen molar-refractivity contribution in [3.8, 4) is 0 Å². The van der Waals surface area contributed by atoms with Gasteiger partial charge in [0.1, 0.15) is 0 Å². The predicted molar refractivity (Wildman–Crippen MR) is 73.6 cm³/mol. The van der Waals surface area contributed by atoms with E-state index in [1.807, 2.05) is 24.3 Å². The summed E-state index contributed by atoms with van der Waals surface area (Å²) in [7, 11) is 1.67. The molecular weight excluding hydrogens is 228 g/mol. The first kappa shape index (κ1) is 14.5.